The van der Waals surface area contributed by atoms with E-state index in [1.165, 1.54) is 11.1 Å². The number of halogens is 6. The van der Waals surface area contributed by atoms with Gasteiger partial charge in [-0.05, 0) is 92.0 Å². The number of alkyl halides is 2. The largest absolute Gasteiger partial charge is 0.289 e. The molecule has 0 N–H and O–H groups in total. The van der Waals surface area contributed by atoms with Gasteiger partial charge in [0.1, 0.15) is 0 Å². The molecular formula is C39H24Br2Cl4O. The molecule has 228 valence electrons. The molecule has 0 radical (unpaired) electrons. The van der Waals surface area contributed by atoms with Gasteiger partial charge in [0.25, 0.3) is 0 Å². The van der Waals surface area contributed by atoms with Crippen molar-refractivity contribution in [2.45, 2.75) is 10.7 Å². The molecule has 0 bridgehead atoms. The molecule has 0 atom stereocenters. The van der Waals surface area contributed by atoms with Gasteiger partial charge in [0.2, 0.25) is 0 Å². The van der Waals surface area contributed by atoms with E-state index in [4.69, 9.17) is 46.4 Å². The third-order valence-corrected chi connectivity index (χ3v) is 10.6. The van der Waals surface area contributed by atoms with E-state index in [9.17, 15) is 4.79 Å². The minimum absolute atomic E-state index is 0.106. The maximum Gasteiger partial charge on any atom is 0.193 e. The Balaban J connectivity index is 1.47. The van der Waals surface area contributed by atoms with Gasteiger partial charge in [0.15, 0.2) is 5.78 Å². The summed E-state index contributed by atoms with van der Waals surface area (Å²) in [4.78, 5) is 14.2. The second-order valence-corrected chi connectivity index (χ2v) is 13.5. The van der Waals surface area contributed by atoms with Gasteiger partial charge >= 0.3 is 0 Å². The van der Waals surface area contributed by atoms with Crippen molar-refractivity contribution >= 4 is 84.0 Å². The highest BCUT2D eigenvalue weighted by Gasteiger charge is 2.18. The smallest absolute Gasteiger partial charge is 0.193 e. The van der Waals surface area contributed by atoms with Gasteiger partial charge < -0.3 is 0 Å². The lowest BCUT2D eigenvalue weighted by molar-refractivity contribution is 0.103. The highest BCUT2D eigenvalue weighted by Crippen LogP contribution is 2.39. The lowest BCUT2D eigenvalue weighted by Gasteiger charge is -2.15. The number of carbonyl (C=O) groups excluding carboxylic acids is 1. The van der Waals surface area contributed by atoms with Crippen molar-refractivity contribution < 1.29 is 4.79 Å². The molecule has 6 rings (SSSR count). The first-order chi connectivity index (χ1) is 22.2. The zero-order chi connectivity index (χ0) is 32.4. The van der Waals surface area contributed by atoms with Crippen molar-refractivity contribution in [2.75, 3.05) is 0 Å². The SMILES string of the molecule is O=C(c1ccc(-c2ccc(CBr)cc2)c(-c2ccc(Cl)c(Cl)c2)c1)c1ccc(-c2ccc(CBr)cc2)c(-c2ccc(Cl)c(Cl)c2)c1. The zero-order valence-electron chi connectivity index (χ0n) is 24.1. The molecule has 6 aromatic rings. The molecular weight excluding hydrogens is 786 g/mol. The van der Waals surface area contributed by atoms with Crippen LogP contribution in [-0.4, -0.2) is 5.78 Å². The molecule has 46 heavy (non-hydrogen) atoms. The van der Waals surface area contributed by atoms with Crippen LogP contribution in [0.4, 0.5) is 0 Å². The summed E-state index contributed by atoms with van der Waals surface area (Å²) < 4.78 is 0. The van der Waals surface area contributed by atoms with Crippen molar-refractivity contribution in [1.82, 2.24) is 0 Å². The lowest BCUT2D eigenvalue weighted by Crippen LogP contribution is -2.03. The number of ketones is 1. The second kappa shape index (κ2) is 14.5. The predicted molar refractivity (Wildman–Crippen MR) is 203 cm³/mol. The van der Waals surface area contributed by atoms with Crippen LogP contribution in [0.1, 0.15) is 27.0 Å². The molecule has 7 heteroatoms. The summed E-state index contributed by atoms with van der Waals surface area (Å²) >= 11 is 32.5. The van der Waals surface area contributed by atoms with Gasteiger partial charge in [-0.3, -0.25) is 4.79 Å². The first-order valence-electron chi connectivity index (χ1n) is 14.3. The van der Waals surface area contributed by atoms with Crippen LogP contribution < -0.4 is 0 Å². The Labute approximate surface area is 305 Å². The van der Waals surface area contributed by atoms with Crippen molar-refractivity contribution in [3.8, 4) is 44.5 Å². The average molecular weight is 810 g/mol. The van der Waals surface area contributed by atoms with Crippen molar-refractivity contribution in [2.24, 2.45) is 0 Å². The summed E-state index contributed by atoms with van der Waals surface area (Å²) in [6, 6.07) is 39.4. The van der Waals surface area contributed by atoms with Gasteiger partial charge in [-0.15, -0.1) is 0 Å². The Morgan fingerprint density at radius 1 is 0.413 bits per heavy atom. The van der Waals surface area contributed by atoms with Gasteiger partial charge in [0, 0.05) is 21.8 Å². The fraction of sp³-hybridized carbons (Fsp3) is 0.0513. The molecule has 0 spiro atoms. The standard InChI is InChI=1S/C39H24Br2Cl4O/c40-21-23-1-5-25(6-2-23)31-13-9-29(17-33(31)27-11-15-35(42)37(44)19-27)39(46)30-10-14-32(26-7-3-24(22-41)4-8-26)34(18-30)28-12-16-36(43)38(45)20-28/h1-20H,21-22H2. The third-order valence-electron chi connectivity index (χ3n) is 7.86. The van der Waals surface area contributed by atoms with Crippen molar-refractivity contribution in [3.63, 3.8) is 0 Å². The van der Waals surface area contributed by atoms with E-state index in [1.807, 2.05) is 60.7 Å². The van der Waals surface area contributed by atoms with E-state index < -0.39 is 0 Å². The fourth-order valence-corrected chi connectivity index (χ4v) is 6.74. The summed E-state index contributed by atoms with van der Waals surface area (Å²) in [6.45, 7) is 0. The van der Waals surface area contributed by atoms with Crippen LogP contribution in [0.5, 0.6) is 0 Å². The fourth-order valence-electron chi connectivity index (χ4n) is 5.39. The van der Waals surface area contributed by atoms with Crippen LogP contribution in [0, 0.1) is 0 Å². The van der Waals surface area contributed by atoms with Crippen molar-refractivity contribution in [1.29, 1.82) is 0 Å². The molecule has 6 aromatic carbocycles. The molecule has 0 aliphatic rings. The summed E-state index contributed by atoms with van der Waals surface area (Å²) in [5.74, 6) is -0.106. The molecule has 0 aromatic heterocycles. The molecule has 0 unspecified atom stereocenters. The molecule has 0 saturated heterocycles. The molecule has 0 aliphatic heterocycles. The summed E-state index contributed by atoms with van der Waals surface area (Å²) in [6.07, 6.45) is 0. The van der Waals surface area contributed by atoms with E-state index in [1.54, 1.807) is 12.1 Å². The first-order valence-corrected chi connectivity index (χ1v) is 18.1. The molecule has 0 aliphatic carbocycles. The number of rotatable bonds is 8. The van der Waals surface area contributed by atoms with Crippen LogP contribution in [0.15, 0.2) is 121 Å². The Bertz CT molecular complexity index is 1920. The molecule has 0 saturated carbocycles. The Kier molecular flexibility index (Phi) is 10.4. The highest BCUT2D eigenvalue weighted by atomic mass is 79.9. The monoisotopic (exact) mass is 806 g/mol. The second-order valence-electron chi connectivity index (χ2n) is 10.8. The van der Waals surface area contributed by atoms with E-state index in [0.29, 0.717) is 31.2 Å². The highest BCUT2D eigenvalue weighted by molar-refractivity contribution is 9.08. The zero-order valence-corrected chi connectivity index (χ0v) is 30.3. The quantitative estimate of drug-likeness (QED) is 0.111. The van der Waals surface area contributed by atoms with E-state index in [-0.39, 0.29) is 5.78 Å². The molecule has 0 amide bonds. The van der Waals surface area contributed by atoms with Crippen LogP contribution >= 0.6 is 78.3 Å². The van der Waals surface area contributed by atoms with Gasteiger partial charge in [-0.2, -0.15) is 0 Å². The number of hydrogen-bond donors (Lipinski definition) is 0. The van der Waals surface area contributed by atoms with Gasteiger partial charge in [-0.1, -0.05) is 163 Å². The van der Waals surface area contributed by atoms with Crippen LogP contribution in [0.2, 0.25) is 20.1 Å². The molecule has 0 heterocycles. The minimum atomic E-state index is -0.106. The molecule has 0 fully saturated rings. The number of carbonyl (C=O) groups is 1. The van der Waals surface area contributed by atoms with E-state index >= 15 is 0 Å². The van der Waals surface area contributed by atoms with E-state index in [2.05, 4.69) is 80.4 Å². The minimum Gasteiger partial charge on any atom is -0.289 e. The van der Waals surface area contributed by atoms with Crippen LogP contribution in [0.3, 0.4) is 0 Å². The topological polar surface area (TPSA) is 17.1 Å². The normalized spacial score (nSPS) is 11.1. The first kappa shape index (κ1) is 33.0. The summed E-state index contributed by atoms with van der Waals surface area (Å²) in [7, 11) is 0. The van der Waals surface area contributed by atoms with E-state index in [0.717, 1.165) is 55.2 Å². The maximum atomic E-state index is 14.2. The Morgan fingerprint density at radius 3 is 1.13 bits per heavy atom. The number of benzene rings is 6. The summed E-state index contributed by atoms with van der Waals surface area (Å²) in [5.41, 5.74) is 11.0. The van der Waals surface area contributed by atoms with Crippen LogP contribution in [0.25, 0.3) is 44.5 Å². The van der Waals surface area contributed by atoms with Gasteiger partial charge in [-0.25, -0.2) is 0 Å². The Morgan fingerprint density at radius 2 is 0.783 bits per heavy atom. The predicted octanol–water partition coefficient (Wildman–Crippen LogP) is 14.0. The average Bonchev–Trinajstić information content (AvgIpc) is 3.10. The lowest BCUT2D eigenvalue weighted by atomic mass is 9.88. The summed E-state index contributed by atoms with van der Waals surface area (Å²) in [5, 5.41) is 3.37. The molecule has 1 nitrogen and oxygen atoms in total. The van der Waals surface area contributed by atoms with Gasteiger partial charge in [0.05, 0.1) is 20.1 Å². The van der Waals surface area contributed by atoms with Crippen molar-refractivity contribution in [3.05, 3.63) is 164 Å². The maximum absolute atomic E-state index is 14.2. The Hall–Kier alpha value is -2.89. The third kappa shape index (κ3) is 7.01. The van der Waals surface area contributed by atoms with Crippen LogP contribution in [-0.2, 0) is 10.7 Å². The number of hydrogen-bond acceptors (Lipinski definition) is 1.